The van der Waals surface area contributed by atoms with Crippen LogP contribution in [0.1, 0.15) is 17.1 Å². The van der Waals surface area contributed by atoms with Crippen molar-refractivity contribution >= 4 is 0 Å². The average Bonchev–Trinajstić information content (AvgIpc) is 2.70. The first kappa shape index (κ1) is 12.6. The fraction of sp³-hybridized carbons (Fsp3) is 0.357. The van der Waals surface area contributed by atoms with Gasteiger partial charge in [0.2, 0.25) is 0 Å². The SMILES string of the molecule is COc1cccc(Cn2cc(CCN)nc2C)c1. The summed E-state index contributed by atoms with van der Waals surface area (Å²) in [6, 6.07) is 8.08. The lowest BCUT2D eigenvalue weighted by molar-refractivity contribution is 0.414. The maximum absolute atomic E-state index is 5.54. The summed E-state index contributed by atoms with van der Waals surface area (Å²) >= 11 is 0. The third-order valence-electron chi connectivity index (χ3n) is 2.91. The van der Waals surface area contributed by atoms with Crippen molar-refractivity contribution in [2.24, 2.45) is 5.73 Å². The van der Waals surface area contributed by atoms with E-state index in [1.54, 1.807) is 7.11 Å². The molecule has 0 saturated carbocycles. The van der Waals surface area contributed by atoms with Gasteiger partial charge in [0.15, 0.2) is 0 Å². The van der Waals surface area contributed by atoms with Crippen molar-refractivity contribution in [3.8, 4) is 5.75 Å². The molecular formula is C14H19N3O. The molecule has 96 valence electrons. The number of nitrogens with zero attached hydrogens (tertiary/aromatic N) is 2. The fourth-order valence-corrected chi connectivity index (χ4v) is 1.97. The standard InChI is InChI=1S/C14H19N3O/c1-11-16-13(6-7-15)10-17(11)9-12-4-3-5-14(8-12)18-2/h3-5,8,10H,6-7,9,15H2,1-2H3. The molecule has 4 heteroatoms. The second-order valence-electron chi connectivity index (χ2n) is 4.30. The smallest absolute Gasteiger partial charge is 0.119 e. The van der Waals surface area contributed by atoms with Gasteiger partial charge in [0.05, 0.1) is 12.8 Å². The Labute approximate surface area is 107 Å². The van der Waals surface area contributed by atoms with Crippen molar-refractivity contribution in [2.75, 3.05) is 13.7 Å². The summed E-state index contributed by atoms with van der Waals surface area (Å²) in [5, 5.41) is 0. The zero-order valence-electron chi connectivity index (χ0n) is 10.9. The molecule has 2 N–H and O–H groups in total. The van der Waals surface area contributed by atoms with Gasteiger partial charge in [0.1, 0.15) is 11.6 Å². The van der Waals surface area contributed by atoms with Crippen LogP contribution < -0.4 is 10.5 Å². The van der Waals surface area contributed by atoms with Gasteiger partial charge in [-0.3, -0.25) is 0 Å². The van der Waals surface area contributed by atoms with Gasteiger partial charge in [-0.05, 0) is 31.2 Å². The van der Waals surface area contributed by atoms with Crippen LogP contribution in [0.4, 0.5) is 0 Å². The first-order valence-electron chi connectivity index (χ1n) is 6.08. The van der Waals surface area contributed by atoms with Crippen LogP contribution in [0.3, 0.4) is 0 Å². The van der Waals surface area contributed by atoms with Crippen LogP contribution in [-0.2, 0) is 13.0 Å². The first-order valence-corrected chi connectivity index (χ1v) is 6.08. The summed E-state index contributed by atoms with van der Waals surface area (Å²) in [6.07, 6.45) is 2.90. The highest BCUT2D eigenvalue weighted by molar-refractivity contribution is 5.28. The zero-order valence-corrected chi connectivity index (χ0v) is 10.9. The van der Waals surface area contributed by atoms with Crippen molar-refractivity contribution in [1.29, 1.82) is 0 Å². The third-order valence-corrected chi connectivity index (χ3v) is 2.91. The molecule has 0 amide bonds. The molecule has 0 radical (unpaired) electrons. The Morgan fingerprint density at radius 2 is 2.22 bits per heavy atom. The maximum Gasteiger partial charge on any atom is 0.119 e. The minimum atomic E-state index is 0.635. The van der Waals surface area contributed by atoms with Gasteiger partial charge >= 0.3 is 0 Å². The summed E-state index contributed by atoms with van der Waals surface area (Å²) in [6.45, 7) is 3.45. The molecule has 0 bridgehead atoms. The Hall–Kier alpha value is -1.81. The van der Waals surface area contributed by atoms with E-state index in [1.807, 2.05) is 25.1 Å². The van der Waals surface area contributed by atoms with Crippen LogP contribution in [-0.4, -0.2) is 23.2 Å². The minimum absolute atomic E-state index is 0.635. The molecule has 18 heavy (non-hydrogen) atoms. The van der Waals surface area contributed by atoms with Gasteiger partial charge in [-0.2, -0.15) is 0 Å². The van der Waals surface area contributed by atoms with E-state index in [-0.39, 0.29) is 0 Å². The van der Waals surface area contributed by atoms with Gasteiger partial charge in [0.25, 0.3) is 0 Å². The molecular weight excluding hydrogens is 226 g/mol. The Morgan fingerprint density at radius 3 is 2.94 bits per heavy atom. The van der Waals surface area contributed by atoms with Crippen LogP contribution >= 0.6 is 0 Å². The van der Waals surface area contributed by atoms with Gasteiger partial charge in [-0.15, -0.1) is 0 Å². The molecule has 1 aromatic heterocycles. The highest BCUT2D eigenvalue weighted by atomic mass is 16.5. The molecule has 1 aromatic carbocycles. The highest BCUT2D eigenvalue weighted by Gasteiger charge is 2.04. The lowest BCUT2D eigenvalue weighted by Crippen LogP contribution is -2.03. The van der Waals surface area contributed by atoms with Crippen LogP contribution in [0.5, 0.6) is 5.75 Å². The van der Waals surface area contributed by atoms with Crippen LogP contribution in [0.25, 0.3) is 0 Å². The molecule has 0 fully saturated rings. The number of aryl methyl sites for hydroxylation is 1. The maximum atomic E-state index is 5.54. The van der Waals surface area contributed by atoms with E-state index in [0.29, 0.717) is 6.54 Å². The molecule has 0 aliphatic rings. The van der Waals surface area contributed by atoms with E-state index in [9.17, 15) is 0 Å². The topological polar surface area (TPSA) is 53.1 Å². The average molecular weight is 245 g/mol. The Bertz CT molecular complexity index is 520. The van der Waals surface area contributed by atoms with Crippen molar-refractivity contribution in [3.05, 3.63) is 47.5 Å². The quantitative estimate of drug-likeness (QED) is 0.873. The second kappa shape index (κ2) is 5.69. The van der Waals surface area contributed by atoms with Gasteiger partial charge in [-0.25, -0.2) is 4.98 Å². The molecule has 0 aliphatic carbocycles. The van der Waals surface area contributed by atoms with Crippen molar-refractivity contribution < 1.29 is 4.74 Å². The van der Waals surface area contributed by atoms with Crippen molar-refractivity contribution in [1.82, 2.24) is 9.55 Å². The van der Waals surface area contributed by atoms with Gasteiger partial charge < -0.3 is 15.0 Å². The molecule has 0 saturated heterocycles. The second-order valence-corrected chi connectivity index (χ2v) is 4.30. The van der Waals surface area contributed by atoms with E-state index in [4.69, 9.17) is 10.5 Å². The molecule has 4 nitrogen and oxygen atoms in total. The van der Waals surface area contributed by atoms with Crippen molar-refractivity contribution in [2.45, 2.75) is 19.9 Å². The molecule has 0 spiro atoms. The summed E-state index contributed by atoms with van der Waals surface area (Å²) < 4.78 is 7.36. The van der Waals surface area contributed by atoms with Crippen LogP contribution in [0.15, 0.2) is 30.5 Å². The van der Waals surface area contributed by atoms with E-state index in [2.05, 4.69) is 21.8 Å². The number of nitrogens with two attached hydrogens (primary N) is 1. The number of aromatic nitrogens is 2. The largest absolute Gasteiger partial charge is 0.497 e. The number of imidazole rings is 1. The number of rotatable bonds is 5. The van der Waals surface area contributed by atoms with E-state index in [1.165, 1.54) is 5.56 Å². The number of hydrogen-bond donors (Lipinski definition) is 1. The van der Waals surface area contributed by atoms with Crippen molar-refractivity contribution in [3.63, 3.8) is 0 Å². The predicted molar refractivity (Wildman–Crippen MR) is 71.8 cm³/mol. The van der Waals surface area contributed by atoms with Gasteiger partial charge in [-0.1, -0.05) is 12.1 Å². The molecule has 1 heterocycles. The summed E-state index contributed by atoms with van der Waals surface area (Å²) in [7, 11) is 1.68. The molecule has 2 rings (SSSR count). The van der Waals surface area contributed by atoms with Gasteiger partial charge in [0, 0.05) is 19.2 Å². The minimum Gasteiger partial charge on any atom is -0.497 e. The number of ether oxygens (including phenoxy) is 1. The van der Waals surface area contributed by atoms with E-state index < -0.39 is 0 Å². The Morgan fingerprint density at radius 1 is 1.39 bits per heavy atom. The Kier molecular flexibility index (Phi) is 3.99. The summed E-state index contributed by atoms with van der Waals surface area (Å²) in [5.41, 5.74) is 7.80. The lowest BCUT2D eigenvalue weighted by Gasteiger charge is -2.06. The van der Waals surface area contributed by atoms with E-state index in [0.717, 1.165) is 30.2 Å². The lowest BCUT2D eigenvalue weighted by atomic mass is 10.2. The monoisotopic (exact) mass is 245 g/mol. The highest BCUT2D eigenvalue weighted by Crippen LogP contribution is 2.14. The van der Waals surface area contributed by atoms with Crippen LogP contribution in [0.2, 0.25) is 0 Å². The third kappa shape index (κ3) is 2.90. The molecule has 0 atom stereocenters. The Balaban J connectivity index is 2.17. The normalized spacial score (nSPS) is 10.6. The molecule has 0 aliphatic heterocycles. The van der Waals surface area contributed by atoms with Crippen LogP contribution in [0, 0.1) is 6.92 Å². The van der Waals surface area contributed by atoms with E-state index >= 15 is 0 Å². The fourth-order valence-electron chi connectivity index (χ4n) is 1.97. The number of hydrogen-bond acceptors (Lipinski definition) is 3. The predicted octanol–water partition coefficient (Wildman–Crippen LogP) is 1.75. The molecule has 0 unspecified atom stereocenters. The summed E-state index contributed by atoms with van der Waals surface area (Å²) in [5.74, 6) is 1.90. The number of benzene rings is 1. The number of methoxy groups -OCH3 is 1. The first-order chi connectivity index (χ1) is 8.72. The summed E-state index contributed by atoms with van der Waals surface area (Å²) in [4.78, 5) is 4.49. The molecule has 2 aromatic rings. The zero-order chi connectivity index (χ0) is 13.0.